The highest BCUT2D eigenvalue weighted by atomic mass is 16.2. The van der Waals surface area contributed by atoms with Gasteiger partial charge in [0.25, 0.3) is 11.8 Å². The van der Waals surface area contributed by atoms with Crippen LogP contribution in [0, 0.1) is 23.7 Å². The van der Waals surface area contributed by atoms with Gasteiger partial charge in [0.1, 0.15) is 5.84 Å². The lowest BCUT2D eigenvalue weighted by Gasteiger charge is -2.44. The molecule has 0 aromatic heterocycles. The summed E-state index contributed by atoms with van der Waals surface area (Å²) in [5, 5.41) is 0. The fourth-order valence-electron chi connectivity index (χ4n) is 9.49. The Morgan fingerprint density at radius 3 is 1.51 bits per heavy atom. The molecule has 53 heavy (non-hydrogen) atoms. The van der Waals surface area contributed by atoms with Crippen LogP contribution >= 0.6 is 0 Å². The van der Waals surface area contributed by atoms with Crippen LogP contribution in [0.4, 0.5) is 0 Å². The molecule has 0 saturated heterocycles. The second kappa shape index (κ2) is 28.5. The van der Waals surface area contributed by atoms with Gasteiger partial charge < -0.3 is 5.73 Å². The third-order valence-electron chi connectivity index (χ3n) is 12.9. The Morgan fingerprint density at radius 1 is 0.642 bits per heavy atom. The Labute approximate surface area is 329 Å². The summed E-state index contributed by atoms with van der Waals surface area (Å²) in [5.41, 5.74) is 7.02. The van der Waals surface area contributed by atoms with E-state index >= 15 is 0 Å². The van der Waals surface area contributed by atoms with Crippen molar-refractivity contribution < 1.29 is 9.59 Å². The minimum Gasteiger partial charge on any atom is -0.384 e. The minimum atomic E-state index is -0.141. The smallest absolute Gasteiger partial charge is 0.253 e. The second-order valence-corrected chi connectivity index (χ2v) is 17.8. The molecule has 4 atom stereocenters. The van der Waals surface area contributed by atoms with Gasteiger partial charge in [0, 0.05) is 18.7 Å². The minimum absolute atomic E-state index is 0.105. The van der Waals surface area contributed by atoms with Gasteiger partial charge in [-0.15, -0.1) is 0 Å². The van der Waals surface area contributed by atoms with Crippen LogP contribution < -0.4 is 5.73 Å². The Hall–Kier alpha value is -1.91. The first kappa shape index (κ1) is 47.2. The lowest BCUT2D eigenvalue weighted by molar-refractivity contribution is -0.136. The van der Waals surface area contributed by atoms with Crippen LogP contribution in [0.3, 0.4) is 0 Å². The highest BCUT2D eigenvalue weighted by Crippen LogP contribution is 2.48. The summed E-state index contributed by atoms with van der Waals surface area (Å²) in [7, 11) is 0. The highest BCUT2D eigenvalue weighted by Gasteiger charge is 2.37. The maximum atomic E-state index is 11.9. The highest BCUT2D eigenvalue weighted by molar-refractivity contribution is 6.12. The fourth-order valence-corrected chi connectivity index (χ4v) is 9.49. The van der Waals surface area contributed by atoms with Gasteiger partial charge in [0.2, 0.25) is 0 Å². The quantitative estimate of drug-likeness (QED) is 0.0315. The number of carbonyl (C=O) groups excluding carboxylic acids is 2. The molecule has 0 aromatic rings. The van der Waals surface area contributed by atoms with E-state index in [1.165, 1.54) is 184 Å². The number of nitrogens with zero attached hydrogens (tertiary/aromatic N) is 2. The lowest BCUT2D eigenvalue weighted by atomic mass is 9.61. The van der Waals surface area contributed by atoms with Crippen molar-refractivity contribution in [2.24, 2.45) is 34.4 Å². The van der Waals surface area contributed by atoms with Crippen molar-refractivity contribution in [3.63, 3.8) is 0 Å². The van der Waals surface area contributed by atoms with Crippen molar-refractivity contribution >= 4 is 17.6 Å². The standard InChI is InChI=1S/C48H87N3O2/c1-7-10-12-14-20-26-32-43-41(30-24-13-11-8-2)34-35-42(31-25-19-15-17-22-28-38-48(5,6)50-47(49)40(4)9-3)44(43)33-27-21-16-18-23-29-39-51-45(52)36-37-46(51)53/h36-37,41-44H,4,7-35,38-39H2,1-3,5-6H3,(H2,49,50). The molecule has 1 aliphatic heterocycles. The molecule has 2 N–H and O–H groups in total. The maximum Gasteiger partial charge on any atom is 0.253 e. The van der Waals surface area contributed by atoms with Crippen LogP contribution in [-0.4, -0.2) is 34.6 Å². The zero-order valence-electron chi connectivity index (χ0n) is 35.9. The van der Waals surface area contributed by atoms with E-state index in [9.17, 15) is 9.59 Å². The van der Waals surface area contributed by atoms with E-state index in [1.54, 1.807) is 0 Å². The number of imide groups is 1. The molecule has 5 nitrogen and oxygen atoms in total. The van der Waals surface area contributed by atoms with Crippen molar-refractivity contribution in [2.75, 3.05) is 6.54 Å². The van der Waals surface area contributed by atoms with Gasteiger partial charge in [-0.3, -0.25) is 19.5 Å². The van der Waals surface area contributed by atoms with Crippen LogP contribution in [-0.2, 0) is 9.59 Å². The molecule has 2 rings (SSSR count). The van der Waals surface area contributed by atoms with Gasteiger partial charge in [-0.05, 0) is 88.0 Å². The van der Waals surface area contributed by atoms with E-state index in [-0.39, 0.29) is 17.4 Å². The summed E-state index contributed by atoms with van der Waals surface area (Å²) in [4.78, 5) is 29.9. The van der Waals surface area contributed by atoms with E-state index in [0.29, 0.717) is 12.4 Å². The Bertz CT molecular complexity index is 1040. The largest absolute Gasteiger partial charge is 0.384 e. The van der Waals surface area contributed by atoms with Crippen LogP contribution in [0.2, 0.25) is 0 Å². The normalized spacial score (nSPS) is 20.9. The van der Waals surface area contributed by atoms with Crippen molar-refractivity contribution in [1.82, 2.24) is 4.90 Å². The molecule has 5 heteroatoms. The van der Waals surface area contributed by atoms with Crippen LogP contribution in [0.15, 0.2) is 29.3 Å². The topological polar surface area (TPSA) is 75.8 Å². The number of unbranched alkanes of at least 4 members (excludes halogenated alkanes) is 18. The van der Waals surface area contributed by atoms with E-state index in [4.69, 9.17) is 10.7 Å². The molecule has 0 radical (unpaired) electrons. The molecule has 0 aromatic carbocycles. The molecule has 4 unspecified atom stereocenters. The number of nitrogens with two attached hydrogens (primary N) is 1. The zero-order valence-corrected chi connectivity index (χ0v) is 35.9. The average molecular weight is 738 g/mol. The summed E-state index contributed by atoms with van der Waals surface area (Å²) in [5.74, 6) is 4.11. The monoisotopic (exact) mass is 738 g/mol. The molecular weight excluding hydrogens is 651 g/mol. The first-order valence-corrected chi connectivity index (χ1v) is 23.2. The van der Waals surface area contributed by atoms with Gasteiger partial charge in [0.15, 0.2) is 0 Å². The molecule has 2 amide bonds. The summed E-state index contributed by atoms with van der Waals surface area (Å²) < 4.78 is 0. The SMILES string of the molecule is C=C(CC)C(N)=NC(C)(C)CCCCCCCCC1CCC(CCCCCC)C(CCCCCCCC)C1CCCCCCCCN1C(=O)C=CC1=O. The Kier molecular flexibility index (Phi) is 25.4. The molecule has 1 aliphatic carbocycles. The van der Waals surface area contributed by atoms with Crippen LogP contribution in [0.25, 0.3) is 0 Å². The third kappa shape index (κ3) is 20.0. The summed E-state index contributed by atoms with van der Waals surface area (Å²) in [6, 6.07) is 0. The van der Waals surface area contributed by atoms with Crippen molar-refractivity contribution in [2.45, 2.75) is 233 Å². The molecule has 306 valence electrons. The number of carbonyl (C=O) groups is 2. The number of amidine groups is 1. The second-order valence-electron chi connectivity index (χ2n) is 17.8. The predicted molar refractivity (Wildman–Crippen MR) is 230 cm³/mol. The number of rotatable bonds is 33. The molecular formula is C48H87N3O2. The first-order chi connectivity index (χ1) is 25.6. The third-order valence-corrected chi connectivity index (χ3v) is 12.9. The molecule has 1 heterocycles. The van der Waals surface area contributed by atoms with E-state index in [0.717, 1.165) is 54.9 Å². The molecule has 1 saturated carbocycles. The van der Waals surface area contributed by atoms with Crippen molar-refractivity contribution in [3.05, 3.63) is 24.3 Å². The summed E-state index contributed by atoms with van der Waals surface area (Å²) >= 11 is 0. The van der Waals surface area contributed by atoms with E-state index in [1.807, 2.05) is 0 Å². The van der Waals surface area contributed by atoms with E-state index < -0.39 is 0 Å². The number of aliphatic imine (C=N–C) groups is 1. The van der Waals surface area contributed by atoms with Gasteiger partial charge in [-0.1, -0.05) is 175 Å². The molecule has 0 spiro atoms. The van der Waals surface area contributed by atoms with Gasteiger partial charge >= 0.3 is 0 Å². The lowest BCUT2D eigenvalue weighted by Crippen LogP contribution is -2.35. The van der Waals surface area contributed by atoms with Crippen molar-refractivity contribution in [1.29, 1.82) is 0 Å². The summed E-state index contributed by atoms with van der Waals surface area (Å²) in [6.07, 6.45) is 42.9. The number of hydrogen-bond donors (Lipinski definition) is 1. The Morgan fingerprint density at radius 2 is 1.04 bits per heavy atom. The Balaban J connectivity index is 1.87. The van der Waals surface area contributed by atoms with Crippen molar-refractivity contribution in [3.8, 4) is 0 Å². The fraction of sp³-hybridized carbons (Fsp3) is 0.854. The predicted octanol–water partition coefficient (Wildman–Crippen LogP) is 13.8. The van der Waals surface area contributed by atoms with E-state index in [2.05, 4.69) is 41.2 Å². The van der Waals surface area contributed by atoms with Crippen LogP contribution in [0.5, 0.6) is 0 Å². The van der Waals surface area contributed by atoms with Gasteiger partial charge in [0.05, 0.1) is 5.54 Å². The maximum absolute atomic E-state index is 11.9. The zero-order chi connectivity index (χ0) is 38.7. The van der Waals surface area contributed by atoms with Crippen LogP contribution in [0.1, 0.15) is 227 Å². The molecule has 0 bridgehead atoms. The van der Waals surface area contributed by atoms with Gasteiger partial charge in [-0.25, -0.2) is 0 Å². The first-order valence-electron chi connectivity index (χ1n) is 23.2. The molecule has 1 fully saturated rings. The number of hydrogen-bond acceptors (Lipinski definition) is 3. The number of amides is 2. The average Bonchev–Trinajstić information content (AvgIpc) is 3.46. The summed E-state index contributed by atoms with van der Waals surface area (Å²) in [6.45, 7) is 15.8. The molecule has 2 aliphatic rings. The van der Waals surface area contributed by atoms with Gasteiger partial charge in [-0.2, -0.15) is 0 Å².